The highest BCUT2D eigenvalue weighted by Crippen LogP contribution is 2.19. The quantitative estimate of drug-likeness (QED) is 0.888. The smallest absolute Gasteiger partial charge is 0.411 e. The highest BCUT2D eigenvalue weighted by atomic mass is 19.1. The topological polar surface area (TPSA) is 66.8 Å². The van der Waals surface area contributed by atoms with Gasteiger partial charge in [0.15, 0.2) is 6.04 Å². The number of nitrogens with zero attached hydrogens (tertiary/aromatic N) is 1. The number of benzene rings is 1. The molecule has 0 aliphatic carbocycles. The summed E-state index contributed by atoms with van der Waals surface area (Å²) in [5, 5.41) is 8.87. The Hall–Kier alpha value is -2.18. The van der Waals surface area contributed by atoms with Gasteiger partial charge < -0.3 is 9.84 Å². The molecule has 18 heavy (non-hydrogen) atoms. The fourth-order valence-corrected chi connectivity index (χ4v) is 1.66. The van der Waals surface area contributed by atoms with Crippen LogP contribution in [0.2, 0.25) is 0 Å². The number of aliphatic carboxylic acids is 1. The van der Waals surface area contributed by atoms with Crippen molar-refractivity contribution in [2.75, 3.05) is 6.61 Å². The number of amides is 1. The van der Waals surface area contributed by atoms with E-state index in [1.54, 1.807) is 0 Å². The van der Waals surface area contributed by atoms with Crippen molar-refractivity contribution in [2.24, 2.45) is 0 Å². The van der Waals surface area contributed by atoms with Gasteiger partial charge in [0.2, 0.25) is 0 Å². The van der Waals surface area contributed by atoms with Crippen LogP contribution < -0.4 is 0 Å². The molecular weight excluding hydrogens is 248 g/mol. The Balaban J connectivity index is 2.21. The van der Waals surface area contributed by atoms with E-state index in [0.717, 1.165) is 17.0 Å². The molecule has 0 spiro atoms. The van der Waals surface area contributed by atoms with Gasteiger partial charge in [0.05, 0.1) is 6.54 Å². The normalized spacial score (nSPS) is 18.9. The second-order valence-corrected chi connectivity index (χ2v) is 3.79. The number of ether oxygens (including phenoxy) is 1. The van der Waals surface area contributed by atoms with E-state index >= 15 is 0 Å². The van der Waals surface area contributed by atoms with Gasteiger partial charge in [-0.25, -0.2) is 18.4 Å². The molecule has 0 radical (unpaired) electrons. The molecule has 5 nitrogen and oxygen atoms in total. The minimum absolute atomic E-state index is 0.0292. The van der Waals surface area contributed by atoms with E-state index in [-0.39, 0.29) is 18.7 Å². The predicted molar refractivity (Wildman–Crippen MR) is 54.7 cm³/mol. The Bertz CT molecular complexity index is 506. The highest BCUT2D eigenvalue weighted by Gasteiger charge is 2.38. The summed E-state index contributed by atoms with van der Waals surface area (Å²) in [4.78, 5) is 23.1. The highest BCUT2D eigenvalue weighted by molar-refractivity contribution is 5.82. The Morgan fingerprint density at radius 3 is 2.83 bits per heavy atom. The summed E-state index contributed by atoms with van der Waals surface area (Å²) in [5.41, 5.74) is 0.0292. The van der Waals surface area contributed by atoms with Gasteiger partial charge >= 0.3 is 12.1 Å². The number of carbonyl (C=O) groups is 2. The number of hydrogen-bond acceptors (Lipinski definition) is 3. The maximum absolute atomic E-state index is 13.4. The van der Waals surface area contributed by atoms with Crippen molar-refractivity contribution in [1.29, 1.82) is 0 Å². The molecule has 1 atom stereocenters. The fraction of sp³-hybridized carbons (Fsp3) is 0.273. The first-order chi connectivity index (χ1) is 8.49. The molecule has 0 aromatic heterocycles. The van der Waals surface area contributed by atoms with Crippen molar-refractivity contribution < 1.29 is 28.2 Å². The fourth-order valence-electron chi connectivity index (χ4n) is 1.66. The molecule has 96 valence electrons. The maximum atomic E-state index is 13.4. The van der Waals surface area contributed by atoms with Gasteiger partial charge in [-0.05, 0) is 6.07 Å². The Morgan fingerprint density at radius 2 is 2.22 bits per heavy atom. The minimum atomic E-state index is -1.23. The lowest BCUT2D eigenvalue weighted by molar-refractivity contribution is -0.141. The molecule has 0 saturated carbocycles. The molecule has 1 N–H and O–H groups in total. The maximum Gasteiger partial charge on any atom is 0.411 e. The molecule has 1 aromatic carbocycles. The summed E-state index contributed by atoms with van der Waals surface area (Å²) in [6.45, 7) is -0.557. The van der Waals surface area contributed by atoms with Crippen LogP contribution in [-0.4, -0.2) is 34.7 Å². The minimum Gasteiger partial charge on any atom is -0.480 e. The molecule has 1 aliphatic heterocycles. The molecule has 1 aliphatic rings. The van der Waals surface area contributed by atoms with Gasteiger partial charge in [-0.15, -0.1) is 0 Å². The number of carboxylic acids is 1. The van der Waals surface area contributed by atoms with Gasteiger partial charge in [-0.2, -0.15) is 0 Å². The molecule has 0 bridgehead atoms. The van der Waals surface area contributed by atoms with Crippen molar-refractivity contribution in [1.82, 2.24) is 4.90 Å². The van der Waals surface area contributed by atoms with Crippen molar-refractivity contribution >= 4 is 12.1 Å². The van der Waals surface area contributed by atoms with Crippen molar-refractivity contribution in [3.8, 4) is 0 Å². The number of rotatable bonds is 3. The van der Waals surface area contributed by atoms with Crippen molar-refractivity contribution in [3.63, 3.8) is 0 Å². The zero-order chi connectivity index (χ0) is 13.3. The van der Waals surface area contributed by atoms with Gasteiger partial charge in [0.25, 0.3) is 0 Å². The van der Waals surface area contributed by atoms with Crippen LogP contribution in [0.5, 0.6) is 0 Å². The first-order valence-corrected chi connectivity index (χ1v) is 5.09. The molecule has 1 fully saturated rings. The molecule has 1 unspecified atom stereocenters. The lowest BCUT2D eigenvalue weighted by Gasteiger charge is -2.18. The molecule has 2 rings (SSSR count). The van der Waals surface area contributed by atoms with E-state index < -0.39 is 29.7 Å². The third-order valence-corrected chi connectivity index (χ3v) is 2.62. The lowest BCUT2D eigenvalue weighted by Crippen LogP contribution is -2.39. The second-order valence-electron chi connectivity index (χ2n) is 3.79. The second kappa shape index (κ2) is 4.59. The number of hydrogen-bond donors (Lipinski definition) is 1. The van der Waals surface area contributed by atoms with Crippen LogP contribution in [0.15, 0.2) is 18.2 Å². The summed E-state index contributed by atoms with van der Waals surface area (Å²) in [7, 11) is 0. The van der Waals surface area contributed by atoms with Crippen LogP contribution in [0.1, 0.15) is 5.56 Å². The third kappa shape index (κ3) is 2.24. The van der Waals surface area contributed by atoms with Gasteiger partial charge in [-0.3, -0.25) is 4.90 Å². The van der Waals surface area contributed by atoms with E-state index in [2.05, 4.69) is 4.74 Å². The average Bonchev–Trinajstić information content (AvgIpc) is 2.64. The Labute approximate surface area is 101 Å². The monoisotopic (exact) mass is 257 g/mol. The number of carbonyl (C=O) groups excluding carboxylic acids is 1. The summed E-state index contributed by atoms with van der Waals surface area (Å²) in [5.74, 6) is -2.81. The molecule has 1 aromatic rings. The lowest BCUT2D eigenvalue weighted by atomic mass is 10.1. The van der Waals surface area contributed by atoms with Crippen LogP contribution in [0.3, 0.4) is 0 Å². The van der Waals surface area contributed by atoms with Gasteiger partial charge in [0.1, 0.15) is 18.2 Å². The van der Waals surface area contributed by atoms with E-state index in [0.29, 0.717) is 6.07 Å². The number of cyclic esters (lactones) is 1. The number of carboxylic acid groups (broad SMARTS) is 1. The molecular formula is C11H9F2NO4. The van der Waals surface area contributed by atoms with Gasteiger partial charge in [-0.1, -0.05) is 6.07 Å². The molecule has 1 saturated heterocycles. The first kappa shape index (κ1) is 12.3. The van der Waals surface area contributed by atoms with Crippen LogP contribution in [0, 0.1) is 11.6 Å². The predicted octanol–water partition coefficient (Wildman–Crippen LogP) is 1.37. The largest absolute Gasteiger partial charge is 0.480 e. The van der Waals surface area contributed by atoms with Gasteiger partial charge in [0, 0.05) is 11.6 Å². The Kier molecular flexibility index (Phi) is 3.14. The first-order valence-electron chi connectivity index (χ1n) is 5.09. The van der Waals surface area contributed by atoms with E-state index in [4.69, 9.17) is 5.11 Å². The summed E-state index contributed by atoms with van der Waals surface area (Å²) in [6, 6.07) is 1.72. The Morgan fingerprint density at radius 1 is 1.50 bits per heavy atom. The van der Waals surface area contributed by atoms with E-state index in [1.165, 1.54) is 0 Å². The zero-order valence-corrected chi connectivity index (χ0v) is 9.10. The van der Waals surface area contributed by atoms with Crippen molar-refractivity contribution in [2.45, 2.75) is 12.6 Å². The SMILES string of the molecule is O=C(O)C1COC(=O)N1Cc1ccc(F)cc1F. The third-order valence-electron chi connectivity index (χ3n) is 2.62. The summed E-state index contributed by atoms with van der Waals surface area (Å²) in [6.07, 6.45) is -0.828. The van der Waals surface area contributed by atoms with Crippen LogP contribution >= 0.6 is 0 Å². The standard InChI is InChI=1S/C11H9F2NO4/c12-7-2-1-6(8(13)3-7)4-14-9(10(15)16)5-18-11(14)17/h1-3,9H,4-5H2,(H,15,16). The molecule has 1 amide bonds. The van der Waals surface area contributed by atoms with E-state index in [9.17, 15) is 18.4 Å². The summed E-state index contributed by atoms with van der Waals surface area (Å²) >= 11 is 0. The number of halogens is 2. The zero-order valence-electron chi connectivity index (χ0n) is 9.10. The van der Waals surface area contributed by atoms with Crippen LogP contribution in [0.4, 0.5) is 13.6 Å². The van der Waals surface area contributed by atoms with E-state index in [1.807, 2.05) is 0 Å². The van der Waals surface area contributed by atoms with Crippen molar-refractivity contribution in [3.05, 3.63) is 35.4 Å². The molecule has 1 heterocycles. The van der Waals surface area contributed by atoms with Crippen LogP contribution in [-0.2, 0) is 16.1 Å². The van der Waals surface area contributed by atoms with Crippen LogP contribution in [0.25, 0.3) is 0 Å². The molecule has 7 heteroatoms. The summed E-state index contributed by atoms with van der Waals surface area (Å²) < 4.78 is 30.7. The average molecular weight is 257 g/mol.